The fourth-order valence-electron chi connectivity index (χ4n) is 3.06. The molecule has 1 aromatic carbocycles. The van der Waals surface area contributed by atoms with E-state index in [1.807, 2.05) is 6.92 Å². The van der Waals surface area contributed by atoms with Crippen LogP contribution < -0.4 is 15.4 Å². The van der Waals surface area contributed by atoms with Crippen LogP contribution in [0.1, 0.15) is 39.0 Å². The Bertz CT molecular complexity index is 655. The highest BCUT2D eigenvalue weighted by molar-refractivity contribution is 5.92. The maximum absolute atomic E-state index is 12.3. The molecule has 1 aliphatic carbocycles. The monoisotopic (exact) mass is 373 g/mol. The van der Waals surface area contributed by atoms with Crippen LogP contribution in [0, 0.1) is 0 Å². The number of ether oxygens (including phenoxy) is 1. The normalized spacial score (nSPS) is 15.0. The first kappa shape index (κ1) is 21.0. The minimum Gasteiger partial charge on any atom is -0.497 e. The number of rotatable bonds is 9. The fraction of sp³-hybridized carbons (Fsp3) is 0.524. The lowest BCUT2D eigenvalue weighted by Gasteiger charge is -2.23. The molecule has 0 radical (unpaired) electrons. The highest BCUT2D eigenvalue weighted by Crippen LogP contribution is 2.19. The molecule has 0 unspecified atom stereocenters. The van der Waals surface area contributed by atoms with Gasteiger partial charge in [0.05, 0.1) is 19.7 Å². The van der Waals surface area contributed by atoms with Gasteiger partial charge in [0, 0.05) is 12.2 Å². The van der Waals surface area contributed by atoms with Crippen molar-refractivity contribution in [2.24, 2.45) is 0 Å². The summed E-state index contributed by atoms with van der Waals surface area (Å²) >= 11 is 0. The number of likely N-dealkylation sites (N-methyl/N-ethyl adjacent to an activating group) is 1. The molecule has 6 nitrogen and oxygen atoms in total. The van der Waals surface area contributed by atoms with Crippen molar-refractivity contribution in [3.8, 4) is 5.75 Å². The van der Waals surface area contributed by atoms with Gasteiger partial charge in [0.25, 0.3) is 0 Å². The van der Waals surface area contributed by atoms with Gasteiger partial charge in [-0.3, -0.25) is 14.5 Å². The van der Waals surface area contributed by atoms with Gasteiger partial charge in [0.15, 0.2) is 0 Å². The SMILES string of the molecule is COc1ccc(NC(=O)CN(C)[C@H](C)C(=O)NCCC2=CCCCC2)cc1. The van der Waals surface area contributed by atoms with Crippen LogP contribution in [-0.4, -0.2) is 50.0 Å². The van der Waals surface area contributed by atoms with Crippen LogP contribution in [0.25, 0.3) is 0 Å². The van der Waals surface area contributed by atoms with Gasteiger partial charge >= 0.3 is 0 Å². The molecule has 0 saturated heterocycles. The molecular weight excluding hydrogens is 342 g/mol. The highest BCUT2D eigenvalue weighted by Gasteiger charge is 2.20. The Labute approximate surface area is 162 Å². The van der Waals surface area contributed by atoms with Gasteiger partial charge in [-0.1, -0.05) is 11.6 Å². The van der Waals surface area contributed by atoms with Crippen LogP contribution in [0.2, 0.25) is 0 Å². The van der Waals surface area contributed by atoms with Crippen molar-refractivity contribution in [3.05, 3.63) is 35.9 Å². The van der Waals surface area contributed by atoms with E-state index in [2.05, 4.69) is 16.7 Å². The van der Waals surface area contributed by atoms with Gasteiger partial charge in [0.1, 0.15) is 5.75 Å². The summed E-state index contributed by atoms with van der Waals surface area (Å²) < 4.78 is 5.10. The number of hydrogen-bond donors (Lipinski definition) is 2. The lowest BCUT2D eigenvalue weighted by atomic mass is 9.97. The number of nitrogens with zero attached hydrogens (tertiary/aromatic N) is 1. The first-order valence-corrected chi connectivity index (χ1v) is 9.59. The van der Waals surface area contributed by atoms with Crippen LogP contribution in [-0.2, 0) is 9.59 Å². The third-order valence-electron chi connectivity index (χ3n) is 4.94. The number of benzene rings is 1. The summed E-state index contributed by atoms with van der Waals surface area (Å²) in [6, 6.07) is 6.78. The second-order valence-electron chi connectivity index (χ2n) is 7.02. The smallest absolute Gasteiger partial charge is 0.238 e. The van der Waals surface area contributed by atoms with Crippen molar-refractivity contribution in [1.29, 1.82) is 0 Å². The van der Waals surface area contributed by atoms with E-state index in [0.717, 1.165) is 25.0 Å². The number of methoxy groups -OCH3 is 1. The Morgan fingerprint density at radius 2 is 1.96 bits per heavy atom. The zero-order chi connectivity index (χ0) is 19.6. The molecule has 0 aliphatic heterocycles. The van der Waals surface area contributed by atoms with Crippen LogP contribution in [0.15, 0.2) is 35.9 Å². The standard InChI is InChI=1S/C21H31N3O3/c1-16(21(26)22-14-13-17-7-5-4-6-8-17)24(2)15-20(25)23-18-9-11-19(27-3)12-10-18/h7,9-12,16H,4-6,8,13-15H2,1-3H3,(H,22,26)(H,23,25)/t16-/m1/s1. The largest absolute Gasteiger partial charge is 0.497 e. The van der Waals surface area contributed by atoms with Crippen LogP contribution in [0.4, 0.5) is 5.69 Å². The van der Waals surface area contributed by atoms with E-state index in [1.165, 1.54) is 18.4 Å². The first-order valence-electron chi connectivity index (χ1n) is 9.59. The average molecular weight is 373 g/mol. The quantitative estimate of drug-likeness (QED) is 0.653. The molecule has 2 amide bonds. The molecule has 0 bridgehead atoms. The maximum Gasteiger partial charge on any atom is 0.238 e. The molecule has 148 valence electrons. The summed E-state index contributed by atoms with van der Waals surface area (Å²) in [7, 11) is 3.38. The predicted molar refractivity (Wildman–Crippen MR) is 108 cm³/mol. The summed E-state index contributed by atoms with van der Waals surface area (Å²) in [6.45, 7) is 2.61. The third kappa shape index (κ3) is 7.06. The molecule has 6 heteroatoms. The molecule has 1 aliphatic rings. The third-order valence-corrected chi connectivity index (χ3v) is 4.94. The number of amides is 2. The van der Waals surface area contributed by atoms with Gasteiger partial charge in [0.2, 0.25) is 11.8 Å². The van der Waals surface area contributed by atoms with Crippen molar-refractivity contribution in [1.82, 2.24) is 10.2 Å². The van der Waals surface area contributed by atoms with Gasteiger partial charge in [-0.05, 0) is 70.3 Å². The molecule has 0 heterocycles. The van der Waals surface area contributed by atoms with Gasteiger partial charge in [-0.2, -0.15) is 0 Å². The van der Waals surface area contributed by atoms with E-state index in [4.69, 9.17) is 4.74 Å². The second kappa shape index (κ2) is 10.7. The van der Waals surface area contributed by atoms with Crippen LogP contribution in [0.5, 0.6) is 5.75 Å². The lowest BCUT2D eigenvalue weighted by Crippen LogP contribution is -2.46. The van der Waals surface area contributed by atoms with E-state index in [-0.39, 0.29) is 24.4 Å². The zero-order valence-corrected chi connectivity index (χ0v) is 16.6. The zero-order valence-electron chi connectivity index (χ0n) is 16.6. The van der Waals surface area contributed by atoms with Crippen LogP contribution >= 0.6 is 0 Å². The number of carbonyl (C=O) groups is 2. The van der Waals surface area contributed by atoms with Gasteiger partial charge in [-0.25, -0.2) is 0 Å². The molecule has 0 saturated carbocycles. The Morgan fingerprint density at radius 1 is 1.22 bits per heavy atom. The fourth-order valence-corrected chi connectivity index (χ4v) is 3.06. The number of hydrogen-bond acceptors (Lipinski definition) is 4. The summed E-state index contributed by atoms with van der Waals surface area (Å²) in [5.41, 5.74) is 2.15. The van der Waals surface area contributed by atoms with Crippen molar-refractivity contribution < 1.29 is 14.3 Å². The number of allylic oxidation sites excluding steroid dienone is 1. The Kier molecular flexibility index (Phi) is 8.33. The highest BCUT2D eigenvalue weighted by atomic mass is 16.5. The van der Waals surface area contributed by atoms with E-state index in [0.29, 0.717) is 12.2 Å². The van der Waals surface area contributed by atoms with Crippen molar-refractivity contribution in [3.63, 3.8) is 0 Å². The number of nitrogens with one attached hydrogen (secondary N) is 2. The number of anilines is 1. The molecule has 27 heavy (non-hydrogen) atoms. The summed E-state index contributed by atoms with van der Waals surface area (Å²) in [5.74, 6) is 0.528. The molecule has 2 rings (SSSR count). The van der Waals surface area contributed by atoms with E-state index >= 15 is 0 Å². The molecule has 1 atom stereocenters. The summed E-state index contributed by atoms with van der Waals surface area (Å²) in [6.07, 6.45) is 8.05. The maximum atomic E-state index is 12.3. The Balaban J connectivity index is 1.72. The second-order valence-corrected chi connectivity index (χ2v) is 7.02. The van der Waals surface area contributed by atoms with Crippen LogP contribution in [0.3, 0.4) is 0 Å². The average Bonchev–Trinajstić information content (AvgIpc) is 2.68. The number of carbonyl (C=O) groups excluding carboxylic acids is 2. The lowest BCUT2D eigenvalue weighted by molar-refractivity contribution is -0.126. The minimum atomic E-state index is -0.369. The molecule has 0 aromatic heterocycles. The molecule has 2 N–H and O–H groups in total. The molecular formula is C21H31N3O3. The van der Waals surface area contributed by atoms with E-state index in [1.54, 1.807) is 43.3 Å². The minimum absolute atomic E-state index is 0.0499. The summed E-state index contributed by atoms with van der Waals surface area (Å²) in [4.78, 5) is 26.3. The molecule has 0 spiro atoms. The van der Waals surface area contributed by atoms with Crippen molar-refractivity contribution >= 4 is 17.5 Å². The van der Waals surface area contributed by atoms with Crippen molar-refractivity contribution in [2.75, 3.05) is 32.6 Å². The molecule has 0 fully saturated rings. The van der Waals surface area contributed by atoms with Gasteiger partial charge in [-0.15, -0.1) is 0 Å². The predicted octanol–water partition coefficient (Wildman–Crippen LogP) is 2.96. The van der Waals surface area contributed by atoms with Gasteiger partial charge < -0.3 is 15.4 Å². The van der Waals surface area contributed by atoms with E-state index in [9.17, 15) is 9.59 Å². The topological polar surface area (TPSA) is 70.7 Å². The first-order chi connectivity index (χ1) is 13.0. The molecule has 1 aromatic rings. The summed E-state index contributed by atoms with van der Waals surface area (Å²) in [5, 5.41) is 5.81. The Morgan fingerprint density at radius 3 is 2.59 bits per heavy atom. The van der Waals surface area contributed by atoms with Crippen molar-refractivity contribution in [2.45, 2.75) is 45.1 Å². The van der Waals surface area contributed by atoms with E-state index < -0.39 is 0 Å². The Hall–Kier alpha value is -2.34.